The van der Waals surface area contributed by atoms with Crippen molar-refractivity contribution < 1.29 is 14.3 Å². The second-order valence-corrected chi connectivity index (χ2v) is 8.33. The van der Waals surface area contributed by atoms with Gasteiger partial charge in [-0.05, 0) is 37.5 Å². The third-order valence-corrected chi connectivity index (χ3v) is 6.11. The van der Waals surface area contributed by atoms with Gasteiger partial charge in [0.2, 0.25) is 0 Å². The molecule has 0 saturated heterocycles. The number of carbonyl (C=O) groups is 1. The zero-order chi connectivity index (χ0) is 22.9. The SMILES string of the molecule is Nc1c(Cl)cc(C(=O)NC2CCCCn3c2nc(-c2ccncc2)cc3=O)c2c1OCCO2. The topological polar surface area (TPSA) is 121 Å². The van der Waals surface area contributed by atoms with E-state index < -0.39 is 11.9 Å². The van der Waals surface area contributed by atoms with Gasteiger partial charge in [-0.2, -0.15) is 0 Å². The molecule has 0 aliphatic carbocycles. The van der Waals surface area contributed by atoms with Crippen LogP contribution in [-0.4, -0.2) is 33.7 Å². The number of nitrogens with two attached hydrogens (primary N) is 1. The molecule has 10 heteroatoms. The first kappa shape index (κ1) is 21.3. The number of amides is 1. The summed E-state index contributed by atoms with van der Waals surface area (Å²) in [5.41, 5.74) is 7.64. The van der Waals surface area contributed by atoms with E-state index >= 15 is 0 Å². The molecule has 3 N–H and O–H groups in total. The van der Waals surface area contributed by atoms with E-state index in [9.17, 15) is 9.59 Å². The summed E-state index contributed by atoms with van der Waals surface area (Å²) in [6.45, 7) is 1.16. The van der Waals surface area contributed by atoms with Crippen LogP contribution in [0.25, 0.3) is 11.3 Å². The van der Waals surface area contributed by atoms with Crippen molar-refractivity contribution in [3.05, 3.63) is 63.4 Å². The van der Waals surface area contributed by atoms with Gasteiger partial charge in [0.25, 0.3) is 11.5 Å². The lowest BCUT2D eigenvalue weighted by Gasteiger charge is -2.24. The summed E-state index contributed by atoms with van der Waals surface area (Å²) in [4.78, 5) is 35.0. The first-order chi connectivity index (χ1) is 16.0. The average Bonchev–Trinajstić information content (AvgIpc) is 3.04. The van der Waals surface area contributed by atoms with Crippen molar-refractivity contribution in [2.24, 2.45) is 0 Å². The zero-order valence-electron chi connectivity index (χ0n) is 17.7. The number of fused-ring (bicyclic) bond motifs is 2. The number of aromatic nitrogens is 3. The van der Waals surface area contributed by atoms with Crippen molar-refractivity contribution in [3.8, 4) is 22.8 Å². The van der Waals surface area contributed by atoms with E-state index in [0.717, 1.165) is 18.4 Å². The highest BCUT2D eigenvalue weighted by Crippen LogP contribution is 2.43. The van der Waals surface area contributed by atoms with Crippen LogP contribution in [-0.2, 0) is 6.54 Å². The van der Waals surface area contributed by atoms with Gasteiger partial charge in [0.1, 0.15) is 19.0 Å². The summed E-state index contributed by atoms with van der Waals surface area (Å²) < 4.78 is 12.9. The number of nitrogens with zero attached hydrogens (tertiary/aromatic N) is 3. The molecule has 0 bridgehead atoms. The normalized spacial score (nSPS) is 17.1. The Labute approximate surface area is 194 Å². The third-order valence-electron chi connectivity index (χ3n) is 5.80. The van der Waals surface area contributed by atoms with Crippen molar-refractivity contribution in [1.82, 2.24) is 19.9 Å². The molecule has 0 saturated carbocycles. The van der Waals surface area contributed by atoms with E-state index in [1.807, 2.05) is 0 Å². The maximum atomic E-state index is 13.3. The van der Waals surface area contributed by atoms with Crippen LogP contribution in [0.2, 0.25) is 5.02 Å². The van der Waals surface area contributed by atoms with Crippen LogP contribution in [0.1, 0.15) is 41.5 Å². The van der Waals surface area contributed by atoms with E-state index in [2.05, 4.69) is 10.3 Å². The van der Waals surface area contributed by atoms with Gasteiger partial charge in [0.15, 0.2) is 11.5 Å². The number of hydrogen-bond donors (Lipinski definition) is 2. The third kappa shape index (κ3) is 4.00. The number of ether oxygens (including phenoxy) is 2. The first-order valence-electron chi connectivity index (χ1n) is 10.7. The van der Waals surface area contributed by atoms with Crippen LogP contribution in [0.3, 0.4) is 0 Å². The molecule has 1 atom stereocenters. The number of hydrogen-bond acceptors (Lipinski definition) is 7. The quantitative estimate of drug-likeness (QED) is 0.568. The van der Waals surface area contributed by atoms with E-state index in [-0.39, 0.29) is 33.3 Å². The molecule has 0 radical (unpaired) electrons. The highest BCUT2D eigenvalue weighted by molar-refractivity contribution is 6.34. The Morgan fingerprint density at radius 3 is 2.70 bits per heavy atom. The van der Waals surface area contributed by atoms with Gasteiger partial charge in [-0.1, -0.05) is 11.6 Å². The molecule has 5 rings (SSSR count). The molecule has 1 aromatic carbocycles. The van der Waals surface area contributed by atoms with Gasteiger partial charge in [0.05, 0.1) is 28.0 Å². The fraction of sp³-hybridized carbons (Fsp3) is 0.304. The number of carbonyl (C=O) groups excluding carboxylic acids is 1. The second-order valence-electron chi connectivity index (χ2n) is 7.92. The Kier molecular flexibility index (Phi) is 5.63. The minimum atomic E-state index is -0.467. The van der Waals surface area contributed by atoms with E-state index in [4.69, 9.17) is 31.8 Å². The van der Waals surface area contributed by atoms with Crippen LogP contribution in [0.4, 0.5) is 5.69 Å². The number of nitrogen functional groups attached to an aromatic ring is 1. The van der Waals surface area contributed by atoms with Gasteiger partial charge >= 0.3 is 0 Å². The number of rotatable bonds is 3. The number of anilines is 1. The van der Waals surface area contributed by atoms with E-state index in [1.165, 1.54) is 12.1 Å². The molecule has 1 unspecified atom stereocenters. The Morgan fingerprint density at radius 2 is 1.91 bits per heavy atom. The summed E-state index contributed by atoms with van der Waals surface area (Å²) in [7, 11) is 0. The maximum absolute atomic E-state index is 13.3. The number of benzene rings is 1. The van der Waals surface area contributed by atoms with Crippen molar-refractivity contribution in [2.75, 3.05) is 18.9 Å². The van der Waals surface area contributed by atoms with Gasteiger partial charge < -0.3 is 20.5 Å². The molecule has 2 aromatic heterocycles. The van der Waals surface area contributed by atoms with Crippen LogP contribution in [0, 0.1) is 0 Å². The minimum Gasteiger partial charge on any atom is -0.485 e. The standard InChI is InChI=1S/C23H22ClN5O4/c24-15-11-14(20-21(19(15)25)33-10-9-32-20)23(31)28-16-3-1-2-8-29-18(30)12-17(27-22(16)29)13-4-6-26-7-5-13/h4-7,11-12,16H,1-3,8-10,25H2,(H,28,31). The summed E-state index contributed by atoms with van der Waals surface area (Å²) in [5.74, 6) is 0.660. The predicted molar refractivity (Wildman–Crippen MR) is 123 cm³/mol. The molecule has 1 amide bonds. The Hall–Kier alpha value is -3.59. The van der Waals surface area contributed by atoms with Crippen molar-refractivity contribution in [1.29, 1.82) is 0 Å². The Bertz CT molecular complexity index is 1280. The average molecular weight is 468 g/mol. The largest absolute Gasteiger partial charge is 0.485 e. The van der Waals surface area contributed by atoms with Gasteiger partial charge in [-0.15, -0.1) is 0 Å². The molecule has 170 valence electrons. The number of pyridine rings is 1. The summed E-state index contributed by atoms with van der Waals surface area (Å²) in [6.07, 6.45) is 5.58. The maximum Gasteiger partial charge on any atom is 0.255 e. The van der Waals surface area contributed by atoms with Crippen LogP contribution >= 0.6 is 11.6 Å². The first-order valence-corrected chi connectivity index (χ1v) is 11.1. The van der Waals surface area contributed by atoms with Crippen molar-refractivity contribution in [3.63, 3.8) is 0 Å². The zero-order valence-corrected chi connectivity index (χ0v) is 18.5. The fourth-order valence-electron chi connectivity index (χ4n) is 4.17. The van der Waals surface area contributed by atoms with Gasteiger partial charge in [-0.3, -0.25) is 19.1 Å². The summed E-state index contributed by atoms with van der Waals surface area (Å²) in [5, 5.41) is 3.23. The molecule has 4 heterocycles. The van der Waals surface area contributed by atoms with Crippen LogP contribution in [0.5, 0.6) is 11.5 Å². The van der Waals surface area contributed by atoms with Gasteiger partial charge in [0, 0.05) is 30.6 Å². The molecular weight excluding hydrogens is 446 g/mol. The summed E-state index contributed by atoms with van der Waals surface area (Å²) in [6, 6.07) is 6.12. The van der Waals surface area contributed by atoms with Crippen molar-refractivity contribution >= 4 is 23.2 Å². The monoisotopic (exact) mass is 467 g/mol. The summed E-state index contributed by atoms with van der Waals surface area (Å²) >= 11 is 6.25. The second kappa shape index (κ2) is 8.74. The fourth-order valence-corrected chi connectivity index (χ4v) is 4.37. The Morgan fingerprint density at radius 1 is 1.15 bits per heavy atom. The van der Waals surface area contributed by atoms with Crippen molar-refractivity contribution in [2.45, 2.75) is 31.8 Å². The lowest BCUT2D eigenvalue weighted by molar-refractivity contribution is 0.0921. The molecule has 2 aliphatic rings. The molecule has 9 nitrogen and oxygen atoms in total. The smallest absolute Gasteiger partial charge is 0.255 e. The molecule has 0 fully saturated rings. The van der Waals surface area contributed by atoms with Gasteiger partial charge in [-0.25, -0.2) is 4.98 Å². The van der Waals surface area contributed by atoms with Crippen LogP contribution in [0.15, 0.2) is 41.5 Å². The van der Waals surface area contributed by atoms with E-state index in [1.54, 1.807) is 29.1 Å². The Balaban J connectivity index is 1.53. The van der Waals surface area contributed by atoms with Crippen LogP contribution < -0.4 is 26.1 Å². The number of nitrogens with one attached hydrogen (secondary N) is 1. The predicted octanol–water partition coefficient (Wildman–Crippen LogP) is 2.97. The number of halogens is 1. The lowest BCUT2D eigenvalue weighted by atomic mass is 10.1. The molecule has 3 aromatic rings. The lowest BCUT2D eigenvalue weighted by Crippen LogP contribution is -2.34. The molecular formula is C23H22ClN5O4. The highest BCUT2D eigenvalue weighted by atomic mass is 35.5. The molecule has 33 heavy (non-hydrogen) atoms. The molecule has 2 aliphatic heterocycles. The minimum absolute atomic E-state index is 0.155. The molecule has 0 spiro atoms. The highest BCUT2D eigenvalue weighted by Gasteiger charge is 2.29. The van der Waals surface area contributed by atoms with E-state index in [0.29, 0.717) is 37.7 Å².